The van der Waals surface area contributed by atoms with Gasteiger partial charge in [0.2, 0.25) is 0 Å². The lowest BCUT2D eigenvalue weighted by Gasteiger charge is -2.25. The fraction of sp³-hybridized carbons (Fsp3) is 0.385. The van der Waals surface area contributed by atoms with E-state index >= 15 is 0 Å². The predicted molar refractivity (Wildman–Crippen MR) is 128 cm³/mol. The number of halogens is 1. The topological polar surface area (TPSA) is 76.1 Å². The number of likely N-dealkylation sites (tertiary alicyclic amines) is 1. The van der Waals surface area contributed by atoms with E-state index in [-0.39, 0.29) is 30.6 Å². The molecule has 0 spiro atoms. The van der Waals surface area contributed by atoms with Gasteiger partial charge in [0.1, 0.15) is 11.5 Å². The molecule has 0 radical (unpaired) electrons. The number of ether oxygens (including phenoxy) is 2. The maximum absolute atomic E-state index is 13.1. The SMILES string of the molecule is CC(C)COc1cccc(/C(O)=C2/C(=O)C(=O)N(CCOC(C)C)C2c2ccc(Cl)cc2)c1. The van der Waals surface area contributed by atoms with Gasteiger partial charge in [-0.1, -0.05) is 49.7 Å². The van der Waals surface area contributed by atoms with Crippen LogP contribution in [0.25, 0.3) is 5.76 Å². The normalized spacial score (nSPS) is 17.9. The average Bonchev–Trinajstić information content (AvgIpc) is 3.02. The van der Waals surface area contributed by atoms with E-state index in [1.54, 1.807) is 48.5 Å². The van der Waals surface area contributed by atoms with Crippen molar-refractivity contribution in [3.63, 3.8) is 0 Å². The molecule has 3 rings (SSSR count). The first-order valence-electron chi connectivity index (χ1n) is 11.1. The Morgan fingerprint density at radius 3 is 2.42 bits per heavy atom. The van der Waals surface area contributed by atoms with Crippen molar-refractivity contribution >= 4 is 29.1 Å². The van der Waals surface area contributed by atoms with Crippen molar-refractivity contribution < 1.29 is 24.2 Å². The standard InChI is InChI=1S/C26H30ClNO5/c1-16(2)15-33-21-7-5-6-19(14-21)24(29)22-23(18-8-10-20(27)11-9-18)28(26(31)25(22)30)12-13-32-17(3)4/h5-11,14,16-17,23,29H,12-13,15H2,1-4H3/b24-22-. The number of Topliss-reactive ketones (excluding diaryl/α,β-unsaturated/α-hetero) is 1. The van der Waals surface area contributed by atoms with Crippen molar-refractivity contribution in [2.75, 3.05) is 19.8 Å². The molecule has 1 amide bonds. The first-order chi connectivity index (χ1) is 15.7. The van der Waals surface area contributed by atoms with Gasteiger partial charge in [-0.3, -0.25) is 9.59 Å². The number of hydrogen-bond acceptors (Lipinski definition) is 5. The summed E-state index contributed by atoms with van der Waals surface area (Å²) >= 11 is 6.05. The molecular weight excluding hydrogens is 442 g/mol. The fourth-order valence-corrected chi connectivity index (χ4v) is 3.77. The Balaban J connectivity index is 2.04. The Labute approximate surface area is 199 Å². The Morgan fingerprint density at radius 2 is 1.79 bits per heavy atom. The number of carbonyl (C=O) groups excluding carboxylic acids is 2. The lowest BCUT2D eigenvalue weighted by Crippen LogP contribution is -2.33. The van der Waals surface area contributed by atoms with Crippen molar-refractivity contribution in [2.45, 2.75) is 39.8 Å². The zero-order valence-corrected chi connectivity index (χ0v) is 20.1. The van der Waals surface area contributed by atoms with Crippen molar-refractivity contribution in [1.82, 2.24) is 4.90 Å². The van der Waals surface area contributed by atoms with E-state index in [0.717, 1.165) is 0 Å². The van der Waals surface area contributed by atoms with Gasteiger partial charge in [0.05, 0.1) is 30.9 Å². The summed E-state index contributed by atoms with van der Waals surface area (Å²) in [6.45, 7) is 8.89. The van der Waals surface area contributed by atoms with Gasteiger partial charge in [0.25, 0.3) is 11.7 Å². The smallest absolute Gasteiger partial charge is 0.295 e. The van der Waals surface area contributed by atoms with E-state index in [4.69, 9.17) is 21.1 Å². The highest BCUT2D eigenvalue weighted by molar-refractivity contribution is 6.46. The Bertz CT molecular complexity index is 1030. The number of aliphatic hydroxyl groups is 1. The second-order valence-corrected chi connectivity index (χ2v) is 9.13. The third kappa shape index (κ3) is 5.95. The number of benzene rings is 2. The lowest BCUT2D eigenvalue weighted by atomic mass is 9.95. The molecule has 0 aromatic heterocycles. The molecule has 1 fully saturated rings. The van der Waals surface area contributed by atoms with Gasteiger partial charge < -0.3 is 19.5 Å². The molecule has 1 atom stereocenters. The zero-order chi connectivity index (χ0) is 24.1. The monoisotopic (exact) mass is 471 g/mol. The number of nitrogens with zero attached hydrogens (tertiary/aromatic N) is 1. The van der Waals surface area contributed by atoms with Gasteiger partial charge in [0.15, 0.2) is 0 Å². The Hall–Kier alpha value is -2.83. The second-order valence-electron chi connectivity index (χ2n) is 8.70. The molecule has 2 aromatic carbocycles. The van der Waals surface area contributed by atoms with E-state index in [2.05, 4.69) is 0 Å². The number of aliphatic hydroxyl groups excluding tert-OH is 1. The molecule has 1 aliphatic heterocycles. The summed E-state index contributed by atoms with van der Waals surface area (Å²) in [6, 6.07) is 13.0. The minimum absolute atomic E-state index is 0.00983. The van der Waals surface area contributed by atoms with Gasteiger partial charge in [0, 0.05) is 17.1 Å². The second kappa shape index (κ2) is 10.9. The quantitative estimate of drug-likeness (QED) is 0.308. The highest BCUT2D eigenvalue weighted by Crippen LogP contribution is 2.39. The largest absolute Gasteiger partial charge is 0.507 e. The molecule has 2 aromatic rings. The molecule has 0 bridgehead atoms. The molecule has 33 heavy (non-hydrogen) atoms. The minimum Gasteiger partial charge on any atom is -0.507 e. The molecule has 7 heteroatoms. The van der Waals surface area contributed by atoms with Crippen LogP contribution < -0.4 is 4.74 Å². The third-order valence-electron chi connectivity index (χ3n) is 5.20. The van der Waals surface area contributed by atoms with Gasteiger partial charge >= 0.3 is 0 Å². The lowest BCUT2D eigenvalue weighted by molar-refractivity contribution is -0.140. The molecule has 1 heterocycles. The highest BCUT2D eigenvalue weighted by Gasteiger charge is 2.45. The van der Waals surface area contributed by atoms with Crippen LogP contribution in [0.2, 0.25) is 5.02 Å². The minimum atomic E-state index is -0.752. The van der Waals surface area contributed by atoms with E-state index in [0.29, 0.717) is 34.4 Å². The van der Waals surface area contributed by atoms with Gasteiger partial charge in [-0.05, 0) is 49.6 Å². The molecular formula is C26H30ClNO5. The highest BCUT2D eigenvalue weighted by atomic mass is 35.5. The average molecular weight is 472 g/mol. The van der Waals surface area contributed by atoms with Gasteiger partial charge in [-0.2, -0.15) is 0 Å². The van der Waals surface area contributed by atoms with Crippen LogP contribution in [-0.4, -0.2) is 47.6 Å². The Morgan fingerprint density at radius 1 is 1.09 bits per heavy atom. The molecule has 176 valence electrons. The number of rotatable bonds is 9. The summed E-state index contributed by atoms with van der Waals surface area (Å²) in [5, 5.41) is 11.7. The molecule has 1 unspecified atom stereocenters. The number of hydrogen-bond donors (Lipinski definition) is 1. The van der Waals surface area contributed by atoms with Crippen LogP contribution >= 0.6 is 11.6 Å². The molecule has 0 saturated carbocycles. The number of carbonyl (C=O) groups is 2. The fourth-order valence-electron chi connectivity index (χ4n) is 3.64. The van der Waals surface area contributed by atoms with Crippen molar-refractivity contribution in [2.24, 2.45) is 5.92 Å². The van der Waals surface area contributed by atoms with Gasteiger partial charge in [-0.15, -0.1) is 0 Å². The summed E-state index contributed by atoms with van der Waals surface area (Å²) in [7, 11) is 0. The van der Waals surface area contributed by atoms with E-state index < -0.39 is 17.7 Å². The summed E-state index contributed by atoms with van der Waals surface area (Å²) in [5.74, 6) is -0.724. The predicted octanol–water partition coefficient (Wildman–Crippen LogP) is 5.22. The van der Waals surface area contributed by atoms with Crippen molar-refractivity contribution in [3.05, 3.63) is 70.3 Å². The van der Waals surface area contributed by atoms with Crippen LogP contribution in [0.15, 0.2) is 54.1 Å². The van der Waals surface area contributed by atoms with E-state index in [1.165, 1.54) is 4.90 Å². The molecule has 0 aliphatic carbocycles. The van der Waals surface area contributed by atoms with Crippen LogP contribution in [0.3, 0.4) is 0 Å². The van der Waals surface area contributed by atoms with Crippen LogP contribution in [0, 0.1) is 5.92 Å². The van der Waals surface area contributed by atoms with E-state index in [9.17, 15) is 14.7 Å². The zero-order valence-electron chi connectivity index (χ0n) is 19.4. The van der Waals surface area contributed by atoms with Crippen LogP contribution in [0.1, 0.15) is 44.9 Å². The first kappa shape index (κ1) is 24.8. The van der Waals surface area contributed by atoms with Gasteiger partial charge in [-0.25, -0.2) is 0 Å². The van der Waals surface area contributed by atoms with Crippen LogP contribution in [0.4, 0.5) is 0 Å². The summed E-state index contributed by atoms with van der Waals surface area (Å²) in [4.78, 5) is 27.5. The summed E-state index contributed by atoms with van der Waals surface area (Å²) in [5.41, 5.74) is 1.12. The third-order valence-corrected chi connectivity index (χ3v) is 5.45. The Kier molecular flexibility index (Phi) is 8.16. The number of amides is 1. The molecule has 1 N–H and O–H groups in total. The first-order valence-corrected chi connectivity index (χ1v) is 11.5. The maximum atomic E-state index is 13.1. The maximum Gasteiger partial charge on any atom is 0.295 e. The van der Waals surface area contributed by atoms with Crippen molar-refractivity contribution in [3.8, 4) is 5.75 Å². The summed E-state index contributed by atoms with van der Waals surface area (Å²) in [6.07, 6.45) is -0.00983. The molecule has 1 saturated heterocycles. The van der Waals surface area contributed by atoms with Crippen LogP contribution in [-0.2, 0) is 14.3 Å². The summed E-state index contributed by atoms with van der Waals surface area (Å²) < 4.78 is 11.4. The van der Waals surface area contributed by atoms with Crippen molar-refractivity contribution in [1.29, 1.82) is 0 Å². The molecule has 1 aliphatic rings. The van der Waals surface area contributed by atoms with E-state index in [1.807, 2.05) is 27.7 Å². The van der Waals surface area contributed by atoms with Crippen LogP contribution in [0.5, 0.6) is 5.75 Å². The molecule has 6 nitrogen and oxygen atoms in total. The number of ketones is 1.